The van der Waals surface area contributed by atoms with E-state index >= 15 is 0 Å². The quantitative estimate of drug-likeness (QED) is 0.612. The minimum absolute atomic E-state index is 0.0528. The van der Waals surface area contributed by atoms with Crippen LogP contribution in [0.1, 0.15) is 12.5 Å². The summed E-state index contributed by atoms with van der Waals surface area (Å²) in [7, 11) is 0. The molecule has 0 heterocycles. The third kappa shape index (κ3) is 4.80. The zero-order valence-electron chi connectivity index (χ0n) is 9.75. The maximum Gasteiger partial charge on any atom is 0.413 e. The number of hydroxylamine groups is 1. The molecule has 0 atom stereocenters. The molecule has 0 aliphatic heterocycles. The number of aromatic hydroxyl groups is 1. The van der Waals surface area contributed by atoms with Gasteiger partial charge in [0.05, 0.1) is 6.61 Å². The molecule has 0 saturated heterocycles. The number of rotatable bonds is 6. The van der Waals surface area contributed by atoms with Crippen LogP contribution in [0.25, 0.3) is 0 Å². The SMILES string of the molecule is CCOc1cccc(CNOCC(F)(F)F)c1O. The fourth-order valence-electron chi connectivity index (χ4n) is 1.24. The van der Waals surface area contributed by atoms with Crippen molar-refractivity contribution in [2.75, 3.05) is 13.2 Å². The van der Waals surface area contributed by atoms with Gasteiger partial charge < -0.3 is 9.84 Å². The normalized spacial score (nSPS) is 11.6. The predicted octanol–water partition coefficient (Wildman–Crippen LogP) is 2.37. The van der Waals surface area contributed by atoms with E-state index in [9.17, 15) is 18.3 Å². The number of nitrogens with one attached hydrogen (secondary N) is 1. The third-order valence-corrected chi connectivity index (χ3v) is 1.98. The Bertz CT molecular complexity index is 382. The summed E-state index contributed by atoms with van der Waals surface area (Å²) in [6.07, 6.45) is -4.39. The van der Waals surface area contributed by atoms with Gasteiger partial charge in [-0.2, -0.15) is 18.7 Å². The molecule has 0 aliphatic rings. The van der Waals surface area contributed by atoms with Gasteiger partial charge in [0.1, 0.15) is 0 Å². The Hall–Kier alpha value is -1.47. The van der Waals surface area contributed by atoms with Crippen LogP contribution in [0.2, 0.25) is 0 Å². The molecule has 7 heteroatoms. The first-order valence-corrected chi connectivity index (χ1v) is 5.29. The molecule has 0 bridgehead atoms. The Labute approximate surface area is 102 Å². The van der Waals surface area contributed by atoms with Gasteiger partial charge in [-0.1, -0.05) is 12.1 Å². The smallest absolute Gasteiger partial charge is 0.413 e. The Balaban J connectivity index is 2.50. The molecule has 0 unspecified atom stereocenters. The number of para-hydroxylation sites is 1. The lowest BCUT2D eigenvalue weighted by molar-refractivity contribution is -0.190. The van der Waals surface area contributed by atoms with Crippen LogP contribution in [0, 0.1) is 0 Å². The molecule has 0 aromatic heterocycles. The summed E-state index contributed by atoms with van der Waals surface area (Å²) in [5.74, 6) is 0.176. The van der Waals surface area contributed by atoms with Crippen molar-refractivity contribution in [2.24, 2.45) is 0 Å². The van der Waals surface area contributed by atoms with E-state index in [0.29, 0.717) is 12.2 Å². The van der Waals surface area contributed by atoms with Crippen molar-refractivity contribution in [1.29, 1.82) is 0 Å². The monoisotopic (exact) mass is 265 g/mol. The average Bonchev–Trinajstić information content (AvgIpc) is 2.28. The van der Waals surface area contributed by atoms with Crippen LogP contribution >= 0.6 is 0 Å². The van der Waals surface area contributed by atoms with E-state index in [0.717, 1.165) is 0 Å². The number of hydrogen-bond donors (Lipinski definition) is 2. The molecule has 0 aliphatic carbocycles. The fraction of sp³-hybridized carbons (Fsp3) is 0.455. The van der Waals surface area contributed by atoms with E-state index in [1.165, 1.54) is 0 Å². The maximum atomic E-state index is 11.8. The fourth-order valence-corrected chi connectivity index (χ4v) is 1.24. The van der Waals surface area contributed by atoms with Crippen LogP contribution in [0.4, 0.5) is 13.2 Å². The van der Waals surface area contributed by atoms with E-state index in [2.05, 4.69) is 10.3 Å². The van der Waals surface area contributed by atoms with Gasteiger partial charge in [-0.3, -0.25) is 4.84 Å². The van der Waals surface area contributed by atoms with Crippen LogP contribution in [0.15, 0.2) is 18.2 Å². The lowest BCUT2D eigenvalue weighted by Crippen LogP contribution is -2.24. The van der Waals surface area contributed by atoms with E-state index in [4.69, 9.17) is 4.74 Å². The molecule has 4 nitrogen and oxygen atoms in total. The van der Waals surface area contributed by atoms with Crippen molar-refractivity contribution in [1.82, 2.24) is 5.48 Å². The van der Waals surface area contributed by atoms with Crippen LogP contribution in [0.3, 0.4) is 0 Å². The number of alkyl halides is 3. The Kier molecular flexibility index (Phi) is 5.24. The molecule has 1 aromatic rings. The molecule has 0 saturated carbocycles. The molecule has 0 spiro atoms. The van der Waals surface area contributed by atoms with Crippen LogP contribution in [-0.4, -0.2) is 24.5 Å². The minimum Gasteiger partial charge on any atom is -0.504 e. The Morgan fingerprint density at radius 2 is 2.06 bits per heavy atom. The minimum atomic E-state index is -4.39. The lowest BCUT2D eigenvalue weighted by atomic mass is 10.2. The van der Waals surface area contributed by atoms with Crippen molar-refractivity contribution in [3.05, 3.63) is 23.8 Å². The van der Waals surface area contributed by atoms with Crippen molar-refractivity contribution in [2.45, 2.75) is 19.6 Å². The summed E-state index contributed by atoms with van der Waals surface area (Å²) in [6.45, 7) is 0.702. The second-order valence-corrected chi connectivity index (χ2v) is 3.42. The zero-order valence-corrected chi connectivity index (χ0v) is 9.75. The van der Waals surface area contributed by atoms with Gasteiger partial charge in [-0.25, -0.2) is 0 Å². The lowest BCUT2D eigenvalue weighted by Gasteiger charge is -2.11. The van der Waals surface area contributed by atoms with Gasteiger partial charge in [0.15, 0.2) is 18.1 Å². The van der Waals surface area contributed by atoms with Crippen LogP contribution < -0.4 is 10.2 Å². The predicted molar refractivity (Wildman–Crippen MR) is 58.1 cm³/mol. The molecule has 1 rings (SSSR count). The number of phenols is 1. The topological polar surface area (TPSA) is 50.7 Å². The van der Waals surface area contributed by atoms with Gasteiger partial charge in [0.25, 0.3) is 0 Å². The van der Waals surface area contributed by atoms with Gasteiger partial charge in [0.2, 0.25) is 0 Å². The highest BCUT2D eigenvalue weighted by molar-refractivity contribution is 5.45. The first kappa shape index (κ1) is 14.6. The molecular weight excluding hydrogens is 251 g/mol. The van der Waals surface area contributed by atoms with Crippen molar-refractivity contribution >= 4 is 0 Å². The number of ether oxygens (including phenoxy) is 1. The van der Waals surface area contributed by atoms with E-state index in [1.54, 1.807) is 25.1 Å². The molecule has 0 amide bonds. The Morgan fingerprint density at radius 1 is 1.33 bits per heavy atom. The summed E-state index contributed by atoms with van der Waals surface area (Å²) in [6, 6.07) is 4.76. The largest absolute Gasteiger partial charge is 0.504 e. The van der Waals surface area contributed by atoms with E-state index in [-0.39, 0.29) is 18.0 Å². The van der Waals surface area contributed by atoms with Crippen LogP contribution in [0.5, 0.6) is 11.5 Å². The summed E-state index contributed by atoms with van der Waals surface area (Å²) >= 11 is 0. The number of halogens is 3. The third-order valence-electron chi connectivity index (χ3n) is 1.98. The highest BCUT2D eigenvalue weighted by Crippen LogP contribution is 2.29. The van der Waals surface area contributed by atoms with Crippen molar-refractivity contribution in [3.8, 4) is 11.5 Å². The summed E-state index contributed by atoms with van der Waals surface area (Å²) < 4.78 is 40.5. The van der Waals surface area contributed by atoms with Gasteiger partial charge in [-0.05, 0) is 13.0 Å². The van der Waals surface area contributed by atoms with Gasteiger partial charge in [-0.15, -0.1) is 0 Å². The molecule has 18 heavy (non-hydrogen) atoms. The number of phenolic OH excluding ortho intramolecular Hbond substituents is 1. The van der Waals surface area contributed by atoms with Crippen LogP contribution in [-0.2, 0) is 11.4 Å². The van der Waals surface area contributed by atoms with Gasteiger partial charge >= 0.3 is 6.18 Å². The standard InChI is InChI=1S/C11H14F3NO3/c1-2-17-9-5-3-4-8(10(9)16)6-15-18-7-11(12,13)14/h3-5,15-16H,2,6-7H2,1H3. The summed E-state index contributed by atoms with van der Waals surface area (Å²) in [4.78, 5) is 4.23. The first-order chi connectivity index (χ1) is 8.44. The summed E-state index contributed by atoms with van der Waals surface area (Å²) in [5.41, 5.74) is 2.52. The zero-order chi connectivity index (χ0) is 13.6. The second-order valence-electron chi connectivity index (χ2n) is 3.42. The number of benzene rings is 1. The molecular formula is C11H14F3NO3. The highest BCUT2D eigenvalue weighted by atomic mass is 19.4. The second kappa shape index (κ2) is 6.46. The molecule has 2 N–H and O–H groups in total. The maximum absolute atomic E-state index is 11.8. The number of hydrogen-bond acceptors (Lipinski definition) is 4. The van der Waals surface area contributed by atoms with Crippen molar-refractivity contribution < 1.29 is 27.9 Å². The Morgan fingerprint density at radius 3 is 2.67 bits per heavy atom. The van der Waals surface area contributed by atoms with Crippen molar-refractivity contribution in [3.63, 3.8) is 0 Å². The average molecular weight is 265 g/mol. The summed E-state index contributed by atoms with van der Waals surface area (Å²) in [5, 5.41) is 9.74. The molecule has 1 aromatic carbocycles. The molecule has 102 valence electrons. The molecule has 0 fully saturated rings. The molecule has 0 radical (unpaired) electrons. The first-order valence-electron chi connectivity index (χ1n) is 5.29. The van der Waals surface area contributed by atoms with E-state index in [1.807, 2.05) is 0 Å². The van der Waals surface area contributed by atoms with Gasteiger partial charge in [0, 0.05) is 12.1 Å². The van der Waals surface area contributed by atoms with E-state index < -0.39 is 12.8 Å². The highest BCUT2D eigenvalue weighted by Gasteiger charge is 2.27.